The number of nitrogens with zero attached hydrogens (tertiary/aromatic N) is 1. The summed E-state index contributed by atoms with van der Waals surface area (Å²) >= 11 is 0. The third-order valence-corrected chi connectivity index (χ3v) is 3.88. The van der Waals surface area contributed by atoms with E-state index in [9.17, 15) is 4.79 Å². The summed E-state index contributed by atoms with van der Waals surface area (Å²) in [5.74, 6) is 1.67. The lowest BCUT2D eigenvalue weighted by molar-refractivity contribution is 0.0773. The van der Waals surface area contributed by atoms with Crippen LogP contribution in [0.25, 0.3) is 0 Å². The van der Waals surface area contributed by atoms with Gasteiger partial charge in [-0.25, -0.2) is 0 Å². The van der Waals surface area contributed by atoms with E-state index >= 15 is 0 Å². The molecule has 0 aliphatic heterocycles. The van der Waals surface area contributed by atoms with Crippen molar-refractivity contribution in [2.24, 2.45) is 5.92 Å². The number of carbonyl (C=O) groups excluding carboxylic acids is 1. The molecule has 0 bridgehead atoms. The average molecular weight is 305 g/mol. The molecule has 0 saturated carbocycles. The molecule has 0 aliphatic rings. The second kappa shape index (κ2) is 9.50. The Morgan fingerprint density at radius 2 is 1.64 bits per heavy atom. The Hall–Kier alpha value is -1.51. The van der Waals surface area contributed by atoms with E-state index in [1.807, 2.05) is 43.0 Å². The maximum atomic E-state index is 12.2. The van der Waals surface area contributed by atoms with Gasteiger partial charge in [0.2, 0.25) is 0 Å². The SMILES string of the molecule is CCN(CC)C(=O)c1ccc(OC(C)CCCC(C)C)cc1. The molecular weight excluding hydrogens is 274 g/mol. The fourth-order valence-electron chi connectivity index (χ4n) is 2.47. The number of hydrogen-bond donors (Lipinski definition) is 0. The summed E-state index contributed by atoms with van der Waals surface area (Å²) in [6.45, 7) is 12.1. The van der Waals surface area contributed by atoms with Crippen molar-refractivity contribution in [1.29, 1.82) is 0 Å². The second-order valence-corrected chi connectivity index (χ2v) is 6.26. The van der Waals surface area contributed by atoms with Crippen LogP contribution >= 0.6 is 0 Å². The first-order chi connectivity index (χ1) is 10.5. The molecule has 1 unspecified atom stereocenters. The maximum Gasteiger partial charge on any atom is 0.253 e. The van der Waals surface area contributed by atoms with Crippen molar-refractivity contribution < 1.29 is 9.53 Å². The first-order valence-corrected chi connectivity index (χ1v) is 8.53. The minimum atomic E-state index is 0.0848. The van der Waals surface area contributed by atoms with Crippen LogP contribution in [0.1, 0.15) is 64.2 Å². The van der Waals surface area contributed by atoms with E-state index in [0.717, 1.165) is 36.7 Å². The molecule has 0 radical (unpaired) electrons. The highest BCUT2D eigenvalue weighted by molar-refractivity contribution is 5.94. The van der Waals surface area contributed by atoms with Crippen LogP contribution in [0, 0.1) is 5.92 Å². The molecule has 124 valence electrons. The highest BCUT2D eigenvalue weighted by atomic mass is 16.5. The van der Waals surface area contributed by atoms with Gasteiger partial charge in [0, 0.05) is 18.7 Å². The molecule has 0 saturated heterocycles. The van der Waals surface area contributed by atoms with Crippen molar-refractivity contribution in [3.8, 4) is 5.75 Å². The van der Waals surface area contributed by atoms with Gasteiger partial charge in [0.15, 0.2) is 0 Å². The molecule has 1 amide bonds. The first kappa shape index (κ1) is 18.5. The zero-order valence-corrected chi connectivity index (χ0v) is 14.8. The van der Waals surface area contributed by atoms with Gasteiger partial charge in [0.1, 0.15) is 5.75 Å². The van der Waals surface area contributed by atoms with Crippen molar-refractivity contribution in [3.05, 3.63) is 29.8 Å². The molecule has 1 aromatic carbocycles. The fraction of sp³-hybridized carbons (Fsp3) is 0.632. The van der Waals surface area contributed by atoms with Gasteiger partial charge in [-0.2, -0.15) is 0 Å². The Labute approximate surface area is 135 Å². The predicted octanol–water partition coefficient (Wildman–Crippen LogP) is 4.76. The van der Waals surface area contributed by atoms with Gasteiger partial charge in [-0.05, 0) is 63.8 Å². The number of benzene rings is 1. The van der Waals surface area contributed by atoms with Crippen LogP contribution in [0.5, 0.6) is 5.75 Å². The normalized spacial score (nSPS) is 12.3. The molecule has 0 fully saturated rings. The third kappa shape index (κ3) is 6.08. The van der Waals surface area contributed by atoms with Crippen molar-refractivity contribution in [2.75, 3.05) is 13.1 Å². The highest BCUT2D eigenvalue weighted by Gasteiger charge is 2.12. The second-order valence-electron chi connectivity index (χ2n) is 6.26. The predicted molar refractivity (Wildman–Crippen MR) is 92.5 cm³/mol. The molecule has 0 N–H and O–H groups in total. The van der Waals surface area contributed by atoms with Gasteiger partial charge >= 0.3 is 0 Å². The summed E-state index contributed by atoms with van der Waals surface area (Å²) in [7, 11) is 0. The maximum absolute atomic E-state index is 12.2. The van der Waals surface area contributed by atoms with E-state index in [2.05, 4.69) is 20.8 Å². The molecule has 3 heteroatoms. The highest BCUT2D eigenvalue weighted by Crippen LogP contribution is 2.18. The standard InChI is InChI=1S/C19H31NO2/c1-6-20(7-2)19(21)17-11-13-18(14-12-17)22-16(5)10-8-9-15(3)4/h11-16H,6-10H2,1-5H3. The third-order valence-electron chi connectivity index (χ3n) is 3.88. The van der Waals surface area contributed by atoms with Crippen molar-refractivity contribution in [1.82, 2.24) is 4.90 Å². The van der Waals surface area contributed by atoms with Crippen LogP contribution in [0.4, 0.5) is 0 Å². The quantitative estimate of drug-likeness (QED) is 0.658. The smallest absolute Gasteiger partial charge is 0.253 e. The van der Waals surface area contributed by atoms with E-state index < -0.39 is 0 Å². The lowest BCUT2D eigenvalue weighted by Crippen LogP contribution is -2.30. The first-order valence-electron chi connectivity index (χ1n) is 8.53. The molecule has 1 atom stereocenters. The molecule has 3 nitrogen and oxygen atoms in total. The molecule has 0 spiro atoms. The van der Waals surface area contributed by atoms with Crippen LogP contribution in [-0.2, 0) is 0 Å². The summed E-state index contributed by atoms with van der Waals surface area (Å²) in [5, 5.41) is 0. The molecule has 0 heterocycles. The van der Waals surface area contributed by atoms with Crippen LogP contribution in [0.3, 0.4) is 0 Å². The Morgan fingerprint density at radius 1 is 1.05 bits per heavy atom. The van der Waals surface area contributed by atoms with E-state index in [1.165, 1.54) is 12.8 Å². The van der Waals surface area contributed by atoms with Gasteiger partial charge in [-0.1, -0.05) is 20.3 Å². The molecule has 1 aromatic rings. The lowest BCUT2D eigenvalue weighted by atomic mass is 10.0. The largest absolute Gasteiger partial charge is 0.491 e. The number of carbonyl (C=O) groups is 1. The summed E-state index contributed by atoms with van der Waals surface area (Å²) in [6.07, 6.45) is 3.71. The van der Waals surface area contributed by atoms with Crippen LogP contribution in [-0.4, -0.2) is 30.0 Å². The van der Waals surface area contributed by atoms with Gasteiger partial charge in [-0.3, -0.25) is 4.79 Å². The molecule has 0 aliphatic carbocycles. The van der Waals surface area contributed by atoms with Gasteiger partial charge < -0.3 is 9.64 Å². The summed E-state index contributed by atoms with van der Waals surface area (Å²) in [6, 6.07) is 7.51. The van der Waals surface area contributed by atoms with Gasteiger partial charge in [-0.15, -0.1) is 0 Å². The zero-order valence-electron chi connectivity index (χ0n) is 14.8. The monoisotopic (exact) mass is 305 g/mol. The minimum Gasteiger partial charge on any atom is -0.491 e. The van der Waals surface area contributed by atoms with E-state index in [-0.39, 0.29) is 12.0 Å². The molecule has 1 rings (SSSR count). The Balaban J connectivity index is 2.52. The summed E-state index contributed by atoms with van der Waals surface area (Å²) < 4.78 is 5.92. The number of amides is 1. The topological polar surface area (TPSA) is 29.5 Å². The van der Waals surface area contributed by atoms with Crippen molar-refractivity contribution >= 4 is 5.91 Å². The van der Waals surface area contributed by atoms with Gasteiger partial charge in [0.05, 0.1) is 6.10 Å². The van der Waals surface area contributed by atoms with E-state index in [1.54, 1.807) is 0 Å². The molecular formula is C19H31NO2. The Morgan fingerprint density at radius 3 is 2.14 bits per heavy atom. The summed E-state index contributed by atoms with van der Waals surface area (Å²) in [4.78, 5) is 14.1. The zero-order chi connectivity index (χ0) is 16.5. The molecule has 22 heavy (non-hydrogen) atoms. The van der Waals surface area contributed by atoms with E-state index in [0.29, 0.717) is 0 Å². The van der Waals surface area contributed by atoms with Crippen molar-refractivity contribution in [3.63, 3.8) is 0 Å². The number of rotatable bonds is 9. The van der Waals surface area contributed by atoms with E-state index in [4.69, 9.17) is 4.74 Å². The lowest BCUT2D eigenvalue weighted by Gasteiger charge is -2.19. The van der Waals surface area contributed by atoms with Crippen LogP contribution in [0.15, 0.2) is 24.3 Å². The average Bonchev–Trinajstić information content (AvgIpc) is 2.48. The minimum absolute atomic E-state index is 0.0848. The Kier molecular flexibility index (Phi) is 8.00. The number of ether oxygens (including phenoxy) is 1. The number of hydrogen-bond acceptors (Lipinski definition) is 2. The fourth-order valence-corrected chi connectivity index (χ4v) is 2.47. The Bertz CT molecular complexity index is 435. The molecule has 0 aromatic heterocycles. The van der Waals surface area contributed by atoms with Gasteiger partial charge in [0.25, 0.3) is 5.91 Å². The van der Waals surface area contributed by atoms with Crippen molar-refractivity contribution in [2.45, 2.75) is 60.0 Å². The van der Waals surface area contributed by atoms with Crippen LogP contribution < -0.4 is 4.74 Å². The summed E-state index contributed by atoms with van der Waals surface area (Å²) in [5.41, 5.74) is 0.725. The van der Waals surface area contributed by atoms with Crippen LogP contribution in [0.2, 0.25) is 0 Å².